The number of Topliss-reactive ketones (excluding diaryl/α,β-unsaturated/α-hetero) is 1. The highest BCUT2D eigenvalue weighted by molar-refractivity contribution is 9.10. The molecule has 0 bridgehead atoms. The summed E-state index contributed by atoms with van der Waals surface area (Å²) < 4.78 is 6.70. The highest BCUT2D eigenvalue weighted by Gasteiger charge is 2.09. The fourth-order valence-corrected chi connectivity index (χ4v) is 2.18. The number of anilines is 1. The maximum Gasteiger partial charge on any atom is 0.163 e. The molecule has 0 spiro atoms. The molecule has 0 fully saturated rings. The third-order valence-electron chi connectivity index (χ3n) is 2.67. The van der Waals surface area contributed by atoms with Crippen LogP contribution in [0, 0.1) is 0 Å². The molecule has 2 aromatic carbocycles. The molecule has 0 saturated carbocycles. The molecule has 19 heavy (non-hydrogen) atoms. The molecule has 0 aromatic heterocycles. The van der Waals surface area contributed by atoms with Crippen molar-refractivity contribution in [3.05, 3.63) is 58.1 Å². The van der Waals surface area contributed by atoms with Crippen molar-refractivity contribution in [3.8, 4) is 5.75 Å². The summed E-state index contributed by atoms with van der Waals surface area (Å²) in [6.07, 6.45) is 0. The Kier molecular flexibility index (Phi) is 4.22. The molecule has 0 amide bonds. The number of ketones is 1. The molecule has 0 unspecified atom stereocenters. The summed E-state index contributed by atoms with van der Waals surface area (Å²) in [6.45, 7) is 1.91. The standard InChI is InChI=1S/C15H14BrNO2/c1-10(18)14-8-13(17)5-6-15(14)19-9-11-3-2-4-12(16)7-11/h2-8H,9,17H2,1H3. The van der Waals surface area contributed by atoms with Gasteiger partial charge in [0.05, 0.1) is 5.56 Å². The minimum absolute atomic E-state index is 0.0588. The molecule has 0 aliphatic heterocycles. The molecule has 0 saturated heterocycles. The first-order valence-corrected chi connectivity index (χ1v) is 6.63. The van der Waals surface area contributed by atoms with E-state index in [1.807, 2.05) is 24.3 Å². The monoisotopic (exact) mass is 319 g/mol. The number of halogens is 1. The third-order valence-corrected chi connectivity index (χ3v) is 3.16. The molecule has 2 rings (SSSR count). The van der Waals surface area contributed by atoms with Gasteiger partial charge in [-0.2, -0.15) is 0 Å². The van der Waals surface area contributed by atoms with E-state index in [1.165, 1.54) is 6.92 Å². The number of carbonyl (C=O) groups excluding carboxylic acids is 1. The summed E-state index contributed by atoms with van der Waals surface area (Å²) >= 11 is 3.41. The van der Waals surface area contributed by atoms with Crippen LogP contribution in [0.3, 0.4) is 0 Å². The topological polar surface area (TPSA) is 52.3 Å². The van der Waals surface area contributed by atoms with Crippen LogP contribution in [0.5, 0.6) is 5.75 Å². The molecule has 2 N–H and O–H groups in total. The van der Waals surface area contributed by atoms with Crippen LogP contribution in [-0.2, 0) is 6.61 Å². The van der Waals surface area contributed by atoms with Crippen LogP contribution in [0.25, 0.3) is 0 Å². The van der Waals surface area contributed by atoms with Crippen molar-refractivity contribution in [3.63, 3.8) is 0 Å². The SMILES string of the molecule is CC(=O)c1cc(N)ccc1OCc1cccc(Br)c1. The van der Waals surface area contributed by atoms with E-state index in [0.717, 1.165) is 10.0 Å². The average Bonchev–Trinajstić information content (AvgIpc) is 2.37. The Morgan fingerprint density at radius 2 is 2.05 bits per heavy atom. The summed E-state index contributed by atoms with van der Waals surface area (Å²) in [5.74, 6) is 0.498. The molecule has 4 heteroatoms. The van der Waals surface area contributed by atoms with Crippen LogP contribution in [0.1, 0.15) is 22.8 Å². The number of nitrogens with two attached hydrogens (primary N) is 1. The van der Waals surface area contributed by atoms with Crippen LogP contribution in [0.4, 0.5) is 5.69 Å². The predicted octanol–water partition coefficient (Wildman–Crippen LogP) is 3.81. The molecular formula is C15H14BrNO2. The first-order chi connectivity index (χ1) is 9.06. The lowest BCUT2D eigenvalue weighted by molar-refractivity contribution is 0.101. The van der Waals surface area contributed by atoms with E-state index in [9.17, 15) is 4.79 Å². The number of nitrogen functional groups attached to an aromatic ring is 1. The van der Waals surface area contributed by atoms with Crippen molar-refractivity contribution in [1.82, 2.24) is 0 Å². The number of hydrogen-bond acceptors (Lipinski definition) is 3. The van der Waals surface area contributed by atoms with Crippen molar-refractivity contribution in [2.75, 3.05) is 5.73 Å². The summed E-state index contributed by atoms with van der Waals surface area (Å²) in [4.78, 5) is 11.5. The van der Waals surface area contributed by atoms with Crippen molar-refractivity contribution in [2.45, 2.75) is 13.5 Å². The maximum absolute atomic E-state index is 11.5. The Hall–Kier alpha value is -1.81. The molecule has 0 atom stereocenters. The second-order valence-corrected chi connectivity index (χ2v) is 5.15. The Morgan fingerprint density at radius 3 is 2.74 bits per heavy atom. The van der Waals surface area contributed by atoms with Gasteiger partial charge in [-0.15, -0.1) is 0 Å². The second kappa shape index (κ2) is 5.89. The van der Waals surface area contributed by atoms with Crippen molar-refractivity contribution < 1.29 is 9.53 Å². The van der Waals surface area contributed by atoms with Crippen molar-refractivity contribution >= 4 is 27.4 Å². The van der Waals surface area contributed by atoms with Gasteiger partial charge in [0.1, 0.15) is 12.4 Å². The van der Waals surface area contributed by atoms with E-state index >= 15 is 0 Å². The van der Waals surface area contributed by atoms with Gasteiger partial charge in [-0.25, -0.2) is 0 Å². The highest BCUT2D eigenvalue weighted by atomic mass is 79.9. The number of ether oxygens (including phenoxy) is 1. The largest absolute Gasteiger partial charge is 0.488 e. The summed E-state index contributed by atoms with van der Waals surface area (Å²) in [5.41, 5.74) is 7.77. The van der Waals surface area contributed by atoms with E-state index in [-0.39, 0.29) is 5.78 Å². The minimum Gasteiger partial charge on any atom is -0.488 e. The van der Waals surface area contributed by atoms with Gasteiger partial charge >= 0.3 is 0 Å². The van der Waals surface area contributed by atoms with Gasteiger partial charge < -0.3 is 10.5 Å². The number of hydrogen-bond donors (Lipinski definition) is 1. The summed E-state index contributed by atoms with van der Waals surface area (Å²) in [6, 6.07) is 12.9. The molecule has 0 radical (unpaired) electrons. The van der Waals surface area contributed by atoms with Crippen LogP contribution < -0.4 is 10.5 Å². The molecule has 98 valence electrons. The number of rotatable bonds is 4. The normalized spacial score (nSPS) is 10.2. The lowest BCUT2D eigenvalue weighted by Crippen LogP contribution is -2.02. The quantitative estimate of drug-likeness (QED) is 0.688. The van der Waals surface area contributed by atoms with Gasteiger partial charge in [-0.05, 0) is 42.8 Å². The van der Waals surface area contributed by atoms with Crippen LogP contribution in [-0.4, -0.2) is 5.78 Å². The van der Waals surface area contributed by atoms with Gasteiger partial charge in [0, 0.05) is 10.2 Å². The first kappa shape index (κ1) is 13.6. The molecule has 0 aliphatic rings. The van der Waals surface area contributed by atoms with Gasteiger partial charge in [0.25, 0.3) is 0 Å². The fraction of sp³-hybridized carbons (Fsp3) is 0.133. The zero-order chi connectivity index (χ0) is 13.8. The van der Waals surface area contributed by atoms with Gasteiger partial charge in [-0.3, -0.25) is 4.79 Å². The Bertz CT molecular complexity index is 611. The number of benzene rings is 2. The molecule has 0 aliphatic carbocycles. The molecular weight excluding hydrogens is 306 g/mol. The summed E-state index contributed by atoms with van der Waals surface area (Å²) in [7, 11) is 0. The van der Waals surface area contributed by atoms with E-state index in [1.54, 1.807) is 18.2 Å². The zero-order valence-electron chi connectivity index (χ0n) is 10.5. The van der Waals surface area contributed by atoms with Gasteiger partial charge in [0.2, 0.25) is 0 Å². The smallest absolute Gasteiger partial charge is 0.163 e. The second-order valence-electron chi connectivity index (χ2n) is 4.23. The Balaban J connectivity index is 2.17. The molecule has 2 aromatic rings. The van der Waals surface area contributed by atoms with Crippen LogP contribution in [0.2, 0.25) is 0 Å². The highest BCUT2D eigenvalue weighted by Crippen LogP contribution is 2.23. The molecule has 0 heterocycles. The Morgan fingerprint density at radius 1 is 1.26 bits per heavy atom. The lowest BCUT2D eigenvalue weighted by atomic mass is 10.1. The van der Waals surface area contributed by atoms with E-state index in [4.69, 9.17) is 10.5 Å². The summed E-state index contributed by atoms with van der Waals surface area (Å²) in [5, 5.41) is 0. The van der Waals surface area contributed by atoms with E-state index in [2.05, 4.69) is 15.9 Å². The van der Waals surface area contributed by atoms with Crippen LogP contribution in [0.15, 0.2) is 46.9 Å². The predicted molar refractivity (Wildman–Crippen MR) is 79.3 cm³/mol. The van der Waals surface area contributed by atoms with Gasteiger partial charge in [-0.1, -0.05) is 28.1 Å². The third kappa shape index (κ3) is 3.58. The van der Waals surface area contributed by atoms with Crippen molar-refractivity contribution in [1.29, 1.82) is 0 Å². The molecule has 3 nitrogen and oxygen atoms in total. The zero-order valence-corrected chi connectivity index (χ0v) is 12.1. The average molecular weight is 320 g/mol. The minimum atomic E-state index is -0.0588. The first-order valence-electron chi connectivity index (χ1n) is 5.84. The lowest BCUT2D eigenvalue weighted by Gasteiger charge is -2.10. The number of carbonyl (C=O) groups is 1. The maximum atomic E-state index is 11.5. The van der Waals surface area contributed by atoms with Crippen molar-refractivity contribution in [2.24, 2.45) is 0 Å². The Labute approximate surface area is 120 Å². The van der Waals surface area contributed by atoms with Crippen LogP contribution >= 0.6 is 15.9 Å². The van der Waals surface area contributed by atoms with Gasteiger partial charge in [0.15, 0.2) is 5.78 Å². The van der Waals surface area contributed by atoms with E-state index in [0.29, 0.717) is 23.6 Å². The fourth-order valence-electron chi connectivity index (χ4n) is 1.74. The van der Waals surface area contributed by atoms with E-state index < -0.39 is 0 Å².